The van der Waals surface area contributed by atoms with Crippen molar-refractivity contribution < 1.29 is 17.9 Å². The average Bonchev–Trinajstić information content (AvgIpc) is 3.39. The summed E-state index contributed by atoms with van der Waals surface area (Å²) in [6.45, 7) is 0.588. The van der Waals surface area contributed by atoms with E-state index in [0.29, 0.717) is 24.4 Å². The van der Waals surface area contributed by atoms with Crippen molar-refractivity contribution >= 4 is 21.8 Å². The number of rotatable bonds is 7. The lowest BCUT2D eigenvalue weighted by molar-refractivity contribution is -0.126. The van der Waals surface area contributed by atoms with Gasteiger partial charge in [-0.15, -0.1) is 0 Å². The van der Waals surface area contributed by atoms with E-state index in [1.807, 2.05) is 65.5 Å². The summed E-state index contributed by atoms with van der Waals surface area (Å²) in [4.78, 5) is 14.3. The van der Waals surface area contributed by atoms with Gasteiger partial charge in [-0.1, -0.05) is 42.5 Å². The van der Waals surface area contributed by atoms with Gasteiger partial charge in [0, 0.05) is 36.5 Å². The Morgan fingerprint density at radius 2 is 1.91 bits per heavy atom. The first-order valence-corrected chi connectivity index (χ1v) is 12.6. The van der Waals surface area contributed by atoms with E-state index in [9.17, 15) is 13.2 Å². The van der Waals surface area contributed by atoms with Crippen molar-refractivity contribution in [2.24, 2.45) is 0 Å². The SMILES string of the molecule is COc1ccccc1-c1nn(Cc2ccccc2)cc1C=CC(=O)N(C)C1CCS(=O)(=O)C1. The van der Waals surface area contributed by atoms with Gasteiger partial charge in [-0.25, -0.2) is 8.42 Å². The number of ether oxygens (including phenoxy) is 1. The molecule has 1 atom stereocenters. The highest BCUT2D eigenvalue weighted by atomic mass is 32.2. The number of benzene rings is 2. The Balaban J connectivity index is 1.63. The number of amides is 1. The van der Waals surface area contributed by atoms with Crippen molar-refractivity contribution in [3.8, 4) is 17.0 Å². The topological polar surface area (TPSA) is 81.5 Å². The number of hydrogen-bond acceptors (Lipinski definition) is 5. The minimum Gasteiger partial charge on any atom is -0.496 e. The Kier molecular flexibility index (Phi) is 6.65. The third-order valence-corrected chi connectivity index (χ3v) is 7.60. The molecule has 0 saturated carbocycles. The number of sulfone groups is 1. The van der Waals surface area contributed by atoms with E-state index in [4.69, 9.17) is 9.84 Å². The summed E-state index contributed by atoms with van der Waals surface area (Å²) in [7, 11) is 0.202. The highest BCUT2D eigenvalue weighted by Gasteiger charge is 2.32. The molecule has 3 aromatic rings. The van der Waals surface area contributed by atoms with E-state index < -0.39 is 9.84 Å². The Morgan fingerprint density at radius 3 is 2.61 bits per heavy atom. The average molecular weight is 466 g/mol. The second kappa shape index (κ2) is 9.62. The van der Waals surface area contributed by atoms with E-state index in [-0.39, 0.29) is 23.5 Å². The maximum Gasteiger partial charge on any atom is 0.246 e. The molecule has 1 aliphatic rings. The lowest BCUT2D eigenvalue weighted by Crippen LogP contribution is -2.36. The predicted molar refractivity (Wildman–Crippen MR) is 129 cm³/mol. The van der Waals surface area contributed by atoms with Gasteiger partial charge in [0.1, 0.15) is 11.4 Å². The molecule has 33 heavy (non-hydrogen) atoms. The van der Waals surface area contributed by atoms with E-state index in [0.717, 1.165) is 16.7 Å². The number of para-hydroxylation sites is 1. The molecule has 0 aliphatic carbocycles. The molecule has 0 N–H and O–H groups in total. The first-order chi connectivity index (χ1) is 15.9. The number of methoxy groups -OCH3 is 1. The van der Waals surface area contributed by atoms with Crippen LogP contribution in [-0.4, -0.2) is 60.7 Å². The third kappa shape index (κ3) is 5.34. The van der Waals surface area contributed by atoms with Gasteiger partial charge < -0.3 is 9.64 Å². The van der Waals surface area contributed by atoms with Crippen LogP contribution in [-0.2, 0) is 21.2 Å². The Labute approximate surface area is 194 Å². The molecular weight excluding hydrogens is 438 g/mol. The fourth-order valence-corrected chi connectivity index (χ4v) is 5.77. The molecule has 1 aliphatic heterocycles. The zero-order valence-corrected chi connectivity index (χ0v) is 19.5. The van der Waals surface area contributed by atoms with Gasteiger partial charge in [0.15, 0.2) is 9.84 Å². The van der Waals surface area contributed by atoms with Crippen molar-refractivity contribution in [2.45, 2.75) is 19.0 Å². The molecule has 1 unspecified atom stereocenters. The number of carbonyl (C=O) groups excluding carboxylic acids is 1. The van der Waals surface area contributed by atoms with Crippen molar-refractivity contribution in [3.63, 3.8) is 0 Å². The Morgan fingerprint density at radius 1 is 1.18 bits per heavy atom. The number of carbonyl (C=O) groups is 1. The molecule has 4 rings (SSSR count). The van der Waals surface area contributed by atoms with Crippen LogP contribution >= 0.6 is 0 Å². The van der Waals surface area contributed by atoms with Crippen molar-refractivity contribution in [1.29, 1.82) is 0 Å². The summed E-state index contributed by atoms with van der Waals surface area (Å²) < 4.78 is 30.9. The van der Waals surface area contributed by atoms with Gasteiger partial charge in [0.2, 0.25) is 5.91 Å². The first-order valence-electron chi connectivity index (χ1n) is 10.8. The molecular formula is C25H27N3O4S. The molecule has 7 nitrogen and oxygen atoms in total. The lowest BCUT2D eigenvalue weighted by Gasteiger charge is -2.21. The molecule has 2 aromatic carbocycles. The molecule has 8 heteroatoms. The van der Waals surface area contributed by atoms with Crippen molar-refractivity contribution in [2.75, 3.05) is 25.7 Å². The molecule has 1 fully saturated rings. The molecule has 0 spiro atoms. The van der Waals surface area contributed by atoms with Crippen LogP contribution in [0.25, 0.3) is 17.3 Å². The standard InChI is InChI=1S/C25H27N3O4S/c1-27(21-14-15-33(30,31)18-21)24(29)13-12-20-17-28(16-19-8-4-3-5-9-19)26-25(20)22-10-6-7-11-23(22)32-2/h3-13,17,21H,14-16,18H2,1-2H3. The number of likely N-dealkylation sites (N-methyl/N-ethyl adjacent to an activating group) is 1. The fraction of sp³-hybridized carbons (Fsp3) is 0.280. The second-order valence-electron chi connectivity index (χ2n) is 8.16. The normalized spacial score (nSPS) is 17.3. The lowest BCUT2D eigenvalue weighted by atomic mass is 10.1. The number of hydrogen-bond donors (Lipinski definition) is 0. The van der Waals surface area contributed by atoms with Crippen molar-refractivity contribution in [3.05, 3.63) is 78.0 Å². The van der Waals surface area contributed by atoms with Crippen LogP contribution in [0.3, 0.4) is 0 Å². The van der Waals surface area contributed by atoms with E-state index >= 15 is 0 Å². The molecule has 0 radical (unpaired) electrons. The maximum absolute atomic E-state index is 12.8. The van der Waals surface area contributed by atoms with Crippen LogP contribution in [0.4, 0.5) is 0 Å². The van der Waals surface area contributed by atoms with Crippen LogP contribution in [0.5, 0.6) is 5.75 Å². The summed E-state index contributed by atoms with van der Waals surface area (Å²) in [5, 5.41) is 4.78. The zero-order chi connectivity index (χ0) is 23.4. The van der Waals surface area contributed by atoms with Gasteiger partial charge in [-0.05, 0) is 30.2 Å². The first kappa shape index (κ1) is 22.8. The van der Waals surface area contributed by atoms with Gasteiger partial charge in [-0.2, -0.15) is 5.10 Å². The van der Waals surface area contributed by atoms with Crippen LogP contribution in [0.1, 0.15) is 17.5 Å². The fourth-order valence-electron chi connectivity index (χ4n) is 4.00. The monoisotopic (exact) mass is 465 g/mol. The van der Waals surface area contributed by atoms with Crippen molar-refractivity contribution in [1.82, 2.24) is 14.7 Å². The third-order valence-electron chi connectivity index (χ3n) is 5.85. The Bertz CT molecular complexity index is 1270. The summed E-state index contributed by atoms with van der Waals surface area (Å²) in [6.07, 6.45) is 5.59. The summed E-state index contributed by atoms with van der Waals surface area (Å²) in [6, 6.07) is 17.3. The van der Waals surface area contributed by atoms with Crippen LogP contribution < -0.4 is 4.74 Å². The molecule has 1 saturated heterocycles. The van der Waals surface area contributed by atoms with Crippen LogP contribution in [0, 0.1) is 0 Å². The quantitative estimate of drug-likeness (QED) is 0.500. The van der Waals surface area contributed by atoms with Gasteiger partial charge in [0.05, 0.1) is 25.2 Å². The van der Waals surface area contributed by atoms with E-state index in [2.05, 4.69) is 0 Å². The Hall–Kier alpha value is -3.39. The van der Waals surface area contributed by atoms with Crippen LogP contribution in [0.2, 0.25) is 0 Å². The molecule has 1 amide bonds. The second-order valence-corrected chi connectivity index (χ2v) is 10.4. The summed E-state index contributed by atoms with van der Waals surface area (Å²) >= 11 is 0. The minimum absolute atomic E-state index is 0.0184. The predicted octanol–water partition coefficient (Wildman–Crippen LogP) is 3.27. The van der Waals surface area contributed by atoms with E-state index in [1.54, 1.807) is 20.2 Å². The highest BCUT2D eigenvalue weighted by Crippen LogP contribution is 2.32. The minimum atomic E-state index is -3.06. The highest BCUT2D eigenvalue weighted by molar-refractivity contribution is 7.91. The largest absolute Gasteiger partial charge is 0.496 e. The molecule has 2 heterocycles. The molecule has 172 valence electrons. The summed E-state index contributed by atoms with van der Waals surface area (Å²) in [5.74, 6) is 0.601. The van der Waals surface area contributed by atoms with E-state index in [1.165, 1.54) is 11.0 Å². The number of aromatic nitrogens is 2. The smallest absolute Gasteiger partial charge is 0.246 e. The molecule has 1 aromatic heterocycles. The van der Waals surface area contributed by atoms with Gasteiger partial charge in [0.25, 0.3) is 0 Å². The van der Waals surface area contributed by atoms with Crippen LogP contribution in [0.15, 0.2) is 66.9 Å². The molecule has 0 bridgehead atoms. The van der Waals surface area contributed by atoms with Gasteiger partial charge >= 0.3 is 0 Å². The summed E-state index contributed by atoms with van der Waals surface area (Å²) in [5.41, 5.74) is 3.42. The van der Waals surface area contributed by atoms with Gasteiger partial charge in [-0.3, -0.25) is 9.48 Å². The zero-order valence-electron chi connectivity index (χ0n) is 18.7. The number of nitrogens with zero attached hydrogens (tertiary/aromatic N) is 3. The maximum atomic E-state index is 12.8.